The molecule has 32 heavy (non-hydrogen) atoms. The number of hydrogen-bond donors (Lipinski definition) is 0. The molecule has 0 aliphatic carbocycles. The highest BCUT2D eigenvalue weighted by atomic mass is 16.6. The third-order valence-electron chi connectivity index (χ3n) is 5.05. The smallest absolute Gasteiger partial charge is 0.346 e. The van der Waals surface area contributed by atoms with Crippen molar-refractivity contribution in [2.24, 2.45) is 0 Å². The van der Waals surface area contributed by atoms with Crippen LogP contribution in [0.2, 0.25) is 0 Å². The van der Waals surface area contributed by atoms with Crippen molar-refractivity contribution in [2.45, 2.75) is 32.6 Å². The molecule has 3 rings (SSSR count). The zero-order valence-corrected chi connectivity index (χ0v) is 18.1. The van der Waals surface area contributed by atoms with E-state index in [1.54, 1.807) is 60.7 Å². The number of rotatable bonds is 9. The topological polar surface area (TPSA) is 69.7 Å². The van der Waals surface area contributed by atoms with Crippen molar-refractivity contribution in [1.29, 1.82) is 0 Å². The molecule has 0 amide bonds. The van der Waals surface area contributed by atoms with Gasteiger partial charge >= 0.3 is 17.9 Å². The third kappa shape index (κ3) is 6.38. The van der Waals surface area contributed by atoms with Gasteiger partial charge in [0.15, 0.2) is 0 Å². The summed E-state index contributed by atoms with van der Waals surface area (Å²) in [6.07, 6.45) is 3.46. The molecule has 164 valence electrons. The van der Waals surface area contributed by atoms with Gasteiger partial charge in [0.25, 0.3) is 0 Å². The zero-order chi connectivity index (χ0) is 22.8. The summed E-state index contributed by atoms with van der Waals surface area (Å²) < 4.78 is 10.4. The predicted octanol–water partition coefficient (Wildman–Crippen LogP) is 5.43. The average molecular weight is 431 g/mol. The van der Waals surface area contributed by atoms with Crippen LogP contribution < -0.4 is 0 Å². The van der Waals surface area contributed by atoms with Gasteiger partial charge in [-0.05, 0) is 54.3 Å². The van der Waals surface area contributed by atoms with E-state index in [0.717, 1.165) is 24.8 Å². The molecule has 0 heterocycles. The predicted molar refractivity (Wildman–Crippen MR) is 122 cm³/mol. The minimum absolute atomic E-state index is 0.102. The van der Waals surface area contributed by atoms with Crippen molar-refractivity contribution in [2.75, 3.05) is 6.61 Å². The highest BCUT2D eigenvalue weighted by Crippen LogP contribution is 2.14. The highest BCUT2D eigenvalue weighted by molar-refractivity contribution is 6.03. The van der Waals surface area contributed by atoms with Crippen LogP contribution in [0.25, 0.3) is 0 Å². The summed E-state index contributed by atoms with van der Waals surface area (Å²) in [4.78, 5) is 37.1. The molecule has 0 spiro atoms. The third-order valence-corrected chi connectivity index (χ3v) is 5.05. The maximum absolute atomic E-state index is 12.6. The number of aryl methyl sites for hydroxylation is 1. The average Bonchev–Trinajstić information content (AvgIpc) is 2.83. The van der Waals surface area contributed by atoms with Crippen LogP contribution in [0.1, 0.15) is 62.0 Å². The lowest BCUT2D eigenvalue weighted by atomic mass is 10.0. The molecular weight excluding hydrogens is 404 g/mol. The molecule has 0 aliphatic heterocycles. The number of ether oxygens (including phenoxy) is 2. The van der Waals surface area contributed by atoms with E-state index in [-0.39, 0.29) is 12.2 Å². The van der Waals surface area contributed by atoms with Crippen molar-refractivity contribution in [1.82, 2.24) is 0 Å². The first-order valence-corrected chi connectivity index (χ1v) is 10.7. The second-order valence-corrected chi connectivity index (χ2v) is 7.39. The number of unbranched alkanes of at least 4 members (excludes halogenated alkanes) is 1. The molecule has 0 aliphatic rings. The molecule has 0 saturated heterocycles. The SMILES string of the molecule is CCCCc1ccc(C(=O)OC(=O)c2ccccc2CCOC(=O)c2ccccc2)cc1. The lowest BCUT2D eigenvalue weighted by Gasteiger charge is -2.10. The van der Waals surface area contributed by atoms with Crippen LogP contribution in [-0.4, -0.2) is 24.5 Å². The minimum atomic E-state index is -0.727. The molecule has 3 aromatic rings. The summed E-state index contributed by atoms with van der Waals surface area (Å²) in [5, 5.41) is 0. The molecular formula is C27H26O5. The Labute approximate surface area is 188 Å². The van der Waals surface area contributed by atoms with Gasteiger partial charge in [0.1, 0.15) is 0 Å². The summed E-state index contributed by atoms with van der Waals surface area (Å²) in [5.41, 5.74) is 2.85. The van der Waals surface area contributed by atoms with Crippen LogP contribution in [-0.2, 0) is 22.3 Å². The fourth-order valence-electron chi connectivity index (χ4n) is 3.24. The Kier molecular flexibility index (Phi) is 8.32. The zero-order valence-electron chi connectivity index (χ0n) is 18.1. The van der Waals surface area contributed by atoms with Crippen LogP contribution in [0.4, 0.5) is 0 Å². The second-order valence-electron chi connectivity index (χ2n) is 7.39. The fourth-order valence-corrected chi connectivity index (χ4v) is 3.24. The van der Waals surface area contributed by atoms with Gasteiger partial charge in [0.2, 0.25) is 0 Å². The number of carbonyl (C=O) groups is 3. The summed E-state index contributed by atoms with van der Waals surface area (Å²) in [6.45, 7) is 2.23. The van der Waals surface area contributed by atoms with E-state index >= 15 is 0 Å². The summed E-state index contributed by atoms with van der Waals surface area (Å²) >= 11 is 0. The Balaban J connectivity index is 1.58. The van der Waals surface area contributed by atoms with Crippen LogP contribution >= 0.6 is 0 Å². The molecule has 0 N–H and O–H groups in total. The Bertz CT molecular complexity index is 1050. The van der Waals surface area contributed by atoms with Gasteiger partial charge in [-0.2, -0.15) is 0 Å². The number of carbonyl (C=O) groups excluding carboxylic acids is 3. The molecule has 5 heteroatoms. The van der Waals surface area contributed by atoms with E-state index in [9.17, 15) is 14.4 Å². The standard InChI is InChI=1S/C27H26O5/c1-2-3-9-20-14-16-23(17-15-20)26(29)32-27(30)24-13-8-7-10-21(24)18-19-31-25(28)22-11-5-4-6-12-22/h4-8,10-17H,2-3,9,18-19H2,1H3. The largest absolute Gasteiger partial charge is 0.462 e. The van der Waals surface area contributed by atoms with Crippen molar-refractivity contribution < 1.29 is 23.9 Å². The van der Waals surface area contributed by atoms with E-state index in [4.69, 9.17) is 9.47 Å². The summed E-state index contributed by atoms with van der Waals surface area (Å²) in [6, 6.07) is 22.6. The van der Waals surface area contributed by atoms with Gasteiger partial charge in [-0.1, -0.05) is 61.9 Å². The summed E-state index contributed by atoms with van der Waals surface area (Å²) in [5.74, 6) is -1.85. The van der Waals surface area contributed by atoms with Crippen LogP contribution in [0, 0.1) is 0 Å². The molecule has 0 atom stereocenters. The molecule has 5 nitrogen and oxygen atoms in total. The van der Waals surface area contributed by atoms with E-state index < -0.39 is 17.9 Å². The Morgan fingerprint density at radius 2 is 1.34 bits per heavy atom. The van der Waals surface area contributed by atoms with Crippen molar-refractivity contribution in [3.8, 4) is 0 Å². The monoisotopic (exact) mass is 430 g/mol. The Hall–Kier alpha value is -3.73. The lowest BCUT2D eigenvalue weighted by Crippen LogP contribution is -2.16. The first-order valence-electron chi connectivity index (χ1n) is 10.7. The van der Waals surface area contributed by atoms with E-state index in [1.807, 2.05) is 18.2 Å². The fraction of sp³-hybridized carbons (Fsp3) is 0.222. The van der Waals surface area contributed by atoms with Gasteiger partial charge in [0, 0.05) is 6.42 Å². The minimum Gasteiger partial charge on any atom is -0.462 e. The molecule has 0 unspecified atom stereocenters. The first kappa shape index (κ1) is 22.9. The Morgan fingerprint density at radius 1 is 0.688 bits per heavy atom. The number of benzene rings is 3. The van der Waals surface area contributed by atoms with Crippen LogP contribution in [0.15, 0.2) is 78.9 Å². The van der Waals surface area contributed by atoms with Crippen molar-refractivity contribution >= 4 is 17.9 Å². The van der Waals surface area contributed by atoms with E-state index in [0.29, 0.717) is 23.1 Å². The molecule has 0 bridgehead atoms. The van der Waals surface area contributed by atoms with Gasteiger partial charge in [-0.25, -0.2) is 14.4 Å². The number of hydrogen-bond acceptors (Lipinski definition) is 5. The normalized spacial score (nSPS) is 10.4. The highest BCUT2D eigenvalue weighted by Gasteiger charge is 2.18. The number of esters is 3. The first-order chi connectivity index (χ1) is 15.6. The maximum atomic E-state index is 12.6. The summed E-state index contributed by atoms with van der Waals surface area (Å²) in [7, 11) is 0. The van der Waals surface area contributed by atoms with Gasteiger partial charge in [0.05, 0.1) is 23.3 Å². The van der Waals surface area contributed by atoms with E-state index in [2.05, 4.69) is 6.92 Å². The van der Waals surface area contributed by atoms with Crippen LogP contribution in [0.3, 0.4) is 0 Å². The molecule has 0 radical (unpaired) electrons. The van der Waals surface area contributed by atoms with Gasteiger partial charge in [-0.3, -0.25) is 0 Å². The van der Waals surface area contributed by atoms with Crippen LogP contribution in [0.5, 0.6) is 0 Å². The maximum Gasteiger partial charge on any atom is 0.346 e. The molecule has 0 fully saturated rings. The van der Waals surface area contributed by atoms with Crippen molar-refractivity contribution in [3.63, 3.8) is 0 Å². The van der Waals surface area contributed by atoms with Gasteiger partial charge in [-0.15, -0.1) is 0 Å². The van der Waals surface area contributed by atoms with Crippen molar-refractivity contribution in [3.05, 3.63) is 107 Å². The molecule has 3 aromatic carbocycles. The Morgan fingerprint density at radius 3 is 2.06 bits per heavy atom. The molecule has 0 saturated carbocycles. The molecule has 0 aromatic heterocycles. The van der Waals surface area contributed by atoms with E-state index in [1.165, 1.54) is 0 Å². The quantitative estimate of drug-likeness (QED) is 0.335. The second kappa shape index (κ2) is 11.6. The lowest BCUT2D eigenvalue weighted by molar-refractivity contribution is 0.0397. The van der Waals surface area contributed by atoms with Gasteiger partial charge < -0.3 is 9.47 Å².